The molecule has 1 fully saturated rings. The quantitative estimate of drug-likeness (QED) is 0.510. The van der Waals surface area contributed by atoms with Gasteiger partial charge in [-0.3, -0.25) is 4.79 Å². The molecule has 0 atom stereocenters. The number of alkyl halides is 1. The molecule has 94 valence electrons. The summed E-state index contributed by atoms with van der Waals surface area (Å²) in [6.45, 7) is 3.09. The van der Waals surface area contributed by atoms with Crippen LogP contribution in [0.1, 0.15) is 58.3 Å². The van der Waals surface area contributed by atoms with Crippen LogP contribution < -0.4 is 5.32 Å². The SMILES string of the molecule is CCCCCCC(=O)NCC1(CCBr)CC1. The minimum atomic E-state index is 0.247. The normalized spacial score (nSPS) is 17.1. The van der Waals surface area contributed by atoms with Crippen LogP contribution >= 0.6 is 15.9 Å². The molecular weight excluding hydrogens is 266 g/mol. The minimum absolute atomic E-state index is 0.247. The molecule has 0 aliphatic heterocycles. The van der Waals surface area contributed by atoms with E-state index in [4.69, 9.17) is 0 Å². The third kappa shape index (κ3) is 5.33. The van der Waals surface area contributed by atoms with E-state index in [-0.39, 0.29) is 5.91 Å². The van der Waals surface area contributed by atoms with E-state index in [1.54, 1.807) is 0 Å². The highest BCUT2D eigenvalue weighted by molar-refractivity contribution is 9.09. The highest BCUT2D eigenvalue weighted by atomic mass is 79.9. The highest BCUT2D eigenvalue weighted by Gasteiger charge is 2.41. The van der Waals surface area contributed by atoms with Crippen LogP contribution in [0.3, 0.4) is 0 Å². The first-order valence-electron chi connectivity index (χ1n) is 6.55. The lowest BCUT2D eigenvalue weighted by Crippen LogP contribution is -2.30. The zero-order valence-corrected chi connectivity index (χ0v) is 11.9. The maximum absolute atomic E-state index is 11.6. The third-order valence-electron chi connectivity index (χ3n) is 3.50. The predicted molar refractivity (Wildman–Crippen MR) is 71.8 cm³/mol. The largest absolute Gasteiger partial charge is 0.356 e. The van der Waals surface area contributed by atoms with Gasteiger partial charge in [0.15, 0.2) is 0 Å². The lowest BCUT2D eigenvalue weighted by atomic mass is 10.0. The lowest BCUT2D eigenvalue weighted by Gasteiger charge is -2.14. The Morgan fingerprint density at radius 3 is 2.62 bits per heavy atom. The standard InChI is InChI=1S/C13H24BrNO/c1-2-3-4-5-6-12(16)15-11-13(7-8-13)9-10-14/h2-11H2,1H3,(H,15,16). The molecule has 0 unspecified atom stereocenters. The molecule has 0 radical (unpaired) electrons. The van der Waals surface area contributed by atoms with E-state index in [2.05, 4.69) is 28.2 Å². The van der Waals surface area contributed by atoms with Crippen molar-refractivity contribution in [3.05, 3.63) is 0 Å². The van der Waals surface area contributed by atoms with Crippen LogP contribution in [0, 0.1) is 5.41 Å². The lowest BCUT2D eigenvalue weighted by molar-refractivity contribution is -0.121. The van der Waals surface area contributed by atoms with Gasteiger partial charge in [-0.15, -0.1) is 0 Å². The van der Waals surface area contributed by atoms with E-state index < -0.39 is 0 Å². The van der Waals surface area contributed by atoms with Gasteiger partial charge in [-0.25, -0.2) is 0 Å². The fourth-order valence-electron chi connectivity index (χ4n) is 1.98. The Morgan fingerprint density at radius 1 is 1.31 bits per heavy atom. The summed E-state index contributed by atoms with van der Waals surface area (Å²) < 4.78 is 0. The molecule has 1 amide bonds. The molecule has 0 aromatic carbocycles. The summed E-state index contributed by atoms with van der Waals surface area (Å²) in [5.41, 5.74) is 0.447. The Morgan fingerprint density at radius 2 is 2.06 bits per heavy atom. The van der Waals surface area contributed by atoms with Crippen molar-refractivity contribution in [2.45, 2.75) is 58.3 Å². The fraction of sp³-hybridized carbons (Fsp3) is 0.923. The molecule has 1 aliphatic rings. The Labute approximate surface area is 108 Å². The van der Waals surface area contributed by atoms with Crippen molar-refractivity contribution in [1.29, 1.82) is 0 Å². The summed E-state index contributed by atoms with van der Waals surface area (Å²) in [4.78, 5) is 11.6. The molecule has 0 aromatic rings. The Hall–Kier alpha value is -0.0500. The van der Waals surface area contributed by atoms with Crippen molar-refractivity contribution >= 4 is 21.8 Å². The molecule has 0 heterocycles. The molecule has 1 N–H and O–H groups in total. The second kappa shape index (κ2) is 7.31. The topological polar surface area (TPSA) is 29.1 Å². The molecule has 16 heavy (non-hydrogen) atoms. The number of rotatable bonds is 9. The monoisotopic (exact) mass is 289 g/mol. The van der Waals surface area contributed by atoms with E-state index in [1.165, 1.54) is 38.5 Å². The van der Waals surface area contributed by atoms with Gasteiger partial charge < -0.3 is 5.32 Å². The van der Waals surface area contributed by atoms with Gasteiger partial charge in [-0.05, 0) is 31.1 Å². The Kier molecular flexibility index (Phi) is 6.40. The van der Waals surface area contributed by atoms with E-state index in [1.807, 2.05) is 0 Å². The summed E-state index contributed by atoms with van der Waals surface area (Å²) in [7, 11) is 0. The molecule has 0 bridgehead atoms. The summed E-state index contributed by atoms with van der Waals surface area (Å²) in [6, 6.07) is 0. The van der Waals surface area contributed by atoms with Crippen LogP contribution in [-0.2, 0) is 4.79 Å². The van der Waals surface area contributed by atoms with Gasteiger partial charge in [0.2, 0.25) is 5.91 Å². The number of nitrogens with one attached hydrogen (secondary N) is 1. The van der Waals surface area contributed by atoms with Crippen molar-refractivity contribution < 1.29 is 4.79 Å². The summed E-state index contributed by atoms with van der Waals surface area (Å²) in [6.07, 6.45) is 9.20. The van der Waals surface area contributed by atoms with Gasteiger partial charge in [-0.1, -0.05) is 42.1 Å². The molecule has 3 heteroatoms. The number of halogens is 1. The number of hydrogen-bond donors (Lipinski definition) is 1. The van der Waals surface area contributed by atoms with Crippen LogP contribution in [0.25, 0.3) is 0 Å². The Balaban J connectivity index is 2.02. The maximum atomic E-state index is 11.6. The maximum Gasteiger partial charge on any atom is 0.220 e. The zero-order chi connectivity index (χ0) is 11.9. The van der Waals surface area contributed by atoms with E-state index in [0.29, 0.717) is 11.8 Å². The van der Waals surface area contributed by atoms with Gasteiger partial charge in [0.1, 0.15) is 0 Å². The van der Waals surface area contributed by atoms with Gasteiger partial charge in [-0.2, -0.15) is 0 Å². The predicted octanol–water partition coefficient (Wildman–Crippen LogP) is 3.64. The van der Waals surface area contributed by atoms with Crippen LogP contribution in [-0.4, -0.2) is 17.8 Å². The molecule has 1 rings (SSSR count). The van der Waals surface area contributed by atoms with E-state index >= 15 is 0 Å². The van der Waals surface area contributed by atoms with Crippen LogP contribution in [0.2, 0.25) is 0 Å². The Bertz CT molecular complexity index is 214. The summed E-state index contributed by atoms with van der Waals surface area (Å²) >= 11 is 3.48. The van der Waals surface area contributed by atoms with Crippen molar-refractivity contribution in [2.24, 2.45) is 5.41 Å². The number of carbonyl (C=O) groups is 1. The fourth-order valence-corrected chi connectivity index (χ4v) is 2.82. The smallest absolute Gasteiger partial charge is 0.220 e. The number of unbranched alkanes of at least 4 members (excludes halogenated alkanes) is 3. The third-order valence-corrected chi connectivity index (χ3v) is 3.90. The van der Waals surface area contributed by atoms with Crippen molar-refractivity contribution in [2.75, 3.05) is 11.9 Å². The molecule has 1 aliphatic carbocycles. The van der Waals surface area contributed by atoms with Gasteiger partial charge in [0, 0.05) is 18.3 Å². The van der Waals surface area contributed by atoms with Crippen LogP contribution in [0.15, 0.2) is 0 Å². The minimum Gasteiger partial charge on any atom is -0.356 e. The molecule has 0 aromatic heterocycles. The van der Waals surface area contributed by atoms with Crippen molar-refractivity contribution in [1.82, 2.24) is 5.32 Å². The molecule has 2 nitrogen and oxygen atoms in total. The first-order chi connectivity index (χ1) is 7.72. The molecule has 0 saturated heterocycles. The van der Waals surface area contributed by atoms with Gasteiger partial charge in [0.05, 0.1) is 0 Å². The number of amides is 1. The van der Waals surface area contributed by atoms with E-state index in [9.17, 15) is 4.79 Å². The van der Waals surface area contributed by atoms with Gasteiger partial charge in [0.25, 0.3) is 0 Å². The zero-order valence-electron chi connectivity index (χ0n) is 10.4. The van der Waals surface area contributed by atoms with Gasteiger partial charge >= 0.3 is 0 Å². The molecular formula is C13H24BrNO. The second-order valence-corrected chi connectivity index (χ2v) is 5.82. The van der Waals surface area contributed by atoms with Crippen molar-refractivity contribution in [3.63, 3.8) is 0 Å². The number of carbonyl (C=O) groups excluding carboxylic acids is 1. The average Bonchev–Trinajstić information content (AvgIpc) is 3.03. The van der Waals surface area contributed by atoms with E-state index in [0.717, 1.165) is 18.3 Å². The van der Waals surface area contributed by atoms with Crippen LogP contribution in [0.4, 0.5) is 0 Å². The van der Waals surface area contributed by atoms with Crippen molar-refractivity contribution in [3.8, 4) is 0 Å². The first kappa shape index (κ1) is 14.0. The average molecular weight is 290 g/mol. The molecule has 0 spiro atoms. The highest BCUT2D eigenvalue weighted by Crippen LogP contribution is 2.48. The molecule has 1 saturated carbocycles. The van der Waals surface area contributed by atoms with Crippen LogP contribution in [0.5, 0.6) is 0 Å². The first-order valence-corrected chi connectivity index (χ1v) is 7.67. The summed E-state index contributed by atoms with van der Waals surface area (Å²) in [5, 5.41) is 4.14. The second-order valence-electron chi connectivity index (χ2n) is 5.03. The summed E-state index contributed by atoms with van der Waals surface area (Å²) in [5.74, 6) is 0.247. The number of hydrogen-bond acceptors (Lipinski definition) is 1.